The molecule has 0 aliphatic heterocycles. The van der Waals surface area contributed by atoms with Crippen LogP contribution in [0.25, 0.3) is 16.9 Å². The molecule has 0 aliphatic rings. The third kappa shape index (κ3) is 3.12. The highest BCUT2D eigenvalue weighted by Crippen LogP contribution is 2.23. The molecule has 0 saturated heterocycles. The number of aliphatic hydroxyl groups is 1. The highest BCUT2D eigenvalue weighted by atomic mass is 19.1. The lowest BCUT2D eigenvalue weighted by atomic mass is 10.0. The first kappa shape index (κ1) is 15.3. The minimum Gasteiger partial charge on any atom is -0.384 e. The van der Waals surface area contributed by atoms with E-state index >= 15 is 0 Å². The molecule has 6 heteroatoms. The largest absolute Gasteiger partial charge is 0.384 e. The van der Waals surface area contributed by atoms with Gasteiger partial charge in [0, 0.05) is 17.8 Å². The number of pyridine rings is 1. The van der Waals surface area contributed by atoms with Gasteiger partial charge in [0.25, 0.3) is 0 Å². The van der Waals surface area contributed by atoms with E-state index in [1.54, 1.807) is 24.4 Å². The van der Waals surface area contributed by atoms with E-state index in [2.05, 4.69) is 10.1 Å². The Hall–Kier alpha value is -2.60. The van der Waals surface area contributed by atoms with Crippen molar-refractivity contribution in [1.29, 1.82) is 0 Å². The van der Waals surface area contributed by atoms with E-state index in [0.29, 0.717) is 16.9 Å². The Morgan fingerprint density at radius 1 is 1.13 bits per heavy atom. The molecule has 1 N–H and O–H groups in total. The predicted octanol–water partition coefficient (Wildman–Crippen LogP) is 3.44. The van der Waals surface area contributed by atoms with Gasteiger partial charge in [-0.1, -0.05) is 12.1 Å². The second kappa shape index (κ2) is 5.55. The Balaban J connectivity index is 1.96. The Kier molecular flexibility index (Phi) is 3.69. The molecule has 0 atom stereocenters. The summed E-state index contributed by atoms with van der Waals surface area (Å²) in [6.45, 7) is 2.93. The maximum Gasteiger partial charge on any atom is 0.149 e. The van der Waals surface area contributed by atoms with E-state index in [9.17, 15) is 13.9 Å². The van der Waals surface area contributed by atoms with E-state index in [0.717, 1.165) is 0 Å². The van der Waals surface area contributed by atoms with E-state index in [1.165, 1.54) is 42.9 Å². The Bertz CT molecular complexity index is 853. The van der Waals surface area contributed by atoms with Crippen molar-refractivity contribution >= 4 is 0 Å². The zero-order valence-corrected chi connectivity index (χ0v) is 12.7. The molecule has 0 saturated carbocycles. The summed E-state index contributed by atoms with van der Waals surface area (Å²) in [5.41, 5.74) is 0.220. The summed E-state index contributed by atoms with van der Waals surface area (Å²) in [7, 11) is 0. The summed E-state index contributed by atoms with van der Waals surface area (Å²) < 4.78 is 28.8. The fourth-order valence-corrected chi connectivity index (χ4v) is 2.27. The molecule has 0 fully saturated rings. The monoisotopic (exact) mass is 315 g/mol. The molecule has 0 amide bonds. The lowest BCUT2D eigenvalue weighted by Gasteiger charge is -2.17. The van der Waals surface area contributed by atoms with Crippen LogP contribution in [0.1, 0.15) is 19.5 Å². The third-order valence-electron chi connectivity index (χ3n) is 3.38. The second-order valence-electron chi connectivity index (χ2n) is 5.74. The molecule has 0 aliphatic carbocycles. The predicted molar refractivity (Wildman–Crippen MR) is 82.0 cm³/mol. The fraction of sp³-hybridized carbons (Fsp3) is 0.176. The minimum atomic E-state index is -1.36. The number of nitrogens with zero attached hydrogens (tertiary/aromatic N) is 3. The molecule has 2 aromatic heterocycles. The molecular weight excluding hydrogens is 300 g/mol. The van der Waals surface area contributed by atoms with Crippen LogP contribution >= 0.6 is 0 Å². The van der Waals surface area contributed by atoms with Crippen LogP contribution in [0.2, 0.25) is 0 Å². The minimum absolute atomic E-state index is 0.0289. The van der Waals surface area contributed by atoms with Crippen LogP contribution in [0.5, 0.6) is 0 Å². The lowest BCUT2D eigenvalue weighted by Crippen LogP contribution is -2.20. The first-order chi connectivity index (χ1) is 10.8. The third-order valence-corrected chi connectivity index (χ3v) is 3.38. The number of benzene rings is 1. The standard InChI is InChI=1S/C17H15F2N3O/c1-17(2,23)16-14(19)9-13(10-20-16)22-7-6-15(21-22)11-4-3-5-12(18)8-11/h3-10,23H,1-2H3. The summed E-state index contributed by atoms with van der Waals surface area (Å²) in [4.78, 5) is 3.98. The Labute approximate surface area is 132 Å². The van der Waals surface area contributed by atoms with Crippen molar-refractivity contribution in [1.82, 2.24) is 14.8 Å². The number of hydrogen-bond acceptors (Lipinski definition) is 3. The van der Waals surface area contributed by atoms with Gasteiger partial charge in [-0.15, -0.1) is 0 Å². The maximum absolute atomic E-state index is 14.1. The molecule has 0 spiro atoms. The molecule has 0 bridgehead atoms. The van der Waals surface area contributed by atoms with Crippen molar-refractivity contribution in [3.63, 3.8) is 0 Å². The van der Waals surface area contributed by atoms with Crippen molar-refractivity contribution in [2.45, 2.75) is 19.4 Å². The van der Waals surface area contributed by atoms with Crippen LogP contribution in [-0.2, 0) is 5.60 Å². The molecule has 118 valence electrons. The smallest absolute Gasteiger partial charge is 0.149 e. The van der Waals surface area contributed by atoms with E-state index in [1.807, 2.05) is 0 Å². The van der Waals surface area contributed by atoms with Crippen molar-refractivity contribution < 1.29 is 13.9 Å². The number of aromatic nitrogens is 3. The molecule has 3 rings (SSSR count). The fourth-order valence-electron chi connectivity index (χ4n) is 2.27. The van der Waals surface area contributed by atoms with Gasteiger partial charge in [0.1, 0.15) is 22.9 Å². The van der Waals surface area contributed by atoms with Gasteiger partial charge in [-0.25, -0.2) is 13.5 Å². The van der Waals surface area contributed by atoms with E-state index in [4.69, 9.17) is 0 Å². The van der Waals surface area contributed by atoms with Gasteiger partial charge in [-0.05, 0) is 32.0 Å². The first-order valence-electron chi connectivity index (χ1n) is 7.05. The second-order valence-corrected chi connectivity index (χ2v) is 5.74. The quantitative estimate of drug-likeness (QED) is 0.805. The van der Waals surface area contributed by atoms with Crippen LogP contribution in [0.3, 0.4) is 0 Å². The normalized spacial score (nSPS) is 11.7. The maximum atomic E-state index is 14.1. The van der Waals surface area contributed by atoms with Crippen molar-refractivity contribution in [2.24, 2.45) is 0 Å². The average Bonchev–Trinajstić information content (AvgIpc) is 2.95. The SMILES string of the molecule is CC(C)(O)c1ncc(-n2ccc(-c3cccc(F)c3)n2)cc1F. The van der Waals surface area contributed by atoms with Crippen molar-refractivity contribution in [2.75, 3.05) is 0 Å². The summed E-state index contributed by atoms with van der Waals surface area (Å²) in [6.07, 6.45) is 3.07. The van der Waals surface area contributed by atoms with Crippen LogP contribution < -0.4 is 0 Å². The highest BCUT2D eigenvalue weighted by Gasteiger charge is 2.22. The van der Waals surface area contributed by atoms with Crippen molar-refractivity contribution in [3.8, 4) is 16.9 Å². The lowest BCUT2D eigenvalue weighted by molar-refractivity contribution is 0.0694. The summed E-state index contributed by atoms with van der Waals surface area (Å²) >= 11 is 0. The molecule has 1 aromatic carbocycles. The highest BCUT2D eigenvalue weighted by molar-refractivity contribution is 5.58. The molecule has 0 unspecified atom stereocenters. The zero-order chi connectivity index (χ0) is 16.6. The zero-order valence-electron chi connectivity index (χ0n) is 12.7. The first-order valence-corrected chi connectivity index (χ1v) is 7.05. The van der Waals surface area contributed by atoms with Crippen LogP contribution in [0.4, 0.5) is 8.78 Å². The summed E-state index contributed by atoms with van der Waals surface area (Å²) in [5.74, 6) is -0.961. The van der Waals surface area contributed by atoms with Gasteiger partial charge in [0.05, 0.1) is 17.6 Å². The Morgan fingerprint density at radius 3 is 2.57 bits per heavy atom. The van der Waals surface area contributed by atoms with Gasteiger partial charge in [0.15, 0.2) is 0 Å². The topological polar surface area (TPSA) is 50.9 Å². The van der Waals surface area contributed by atoms with Gasteiger partial charge in [-0.2, -0.15) is 5.10 Å². The summed E-state index contributed by atoms with van der Waals surface area (Å²) in [5, 5.41) is 14.2. The van der Waals surface area contributed by atoms with E-state index in [-0.39, 0.29) is 11.5 Å². The van der Waals surface area contributed by atoms with Gasteiger partial charge >= 0.3 is 0 Å². The molecule has 23 heavy (non-hydrogen) atoms. The Morgan fingerprint density at radius 2 is 1.91 bits per heavy atom. The van der Waals surface area contributed by atoms with Crippen molar-refractivity contribution in [3.05, 3.63) is 66.1 Å². The van der Waals surface area contributed by atoms with Gasteiger partial charge in [-0.3, -0.25) is 4.98 Å². The molecule has 0 radical (unpaired) electrons. The van der Waals surface area contributed by atoms with Crippen LogP contribution in [0.15, 0.2) is 48.8 Å². The molecule has 4 nitrogen and oxygen atoms in total. The number of halogens is 2. The summed E-state index contributed by atoms with van der Waals surface area (Å²) in [6, 6.07) is 9.03. The van der Waals surface area contributed by atoms with Crippen LogP contribution in [0, 0.1) is 11.6 Å². The molecular formula is C17H15F2N3O. The van der Waals surface area contributed by atoms with Gasteiger partial charge in [0.2, 0.25) is 0 Å². The van der Waals surface area contributed by atoms with Gasteiger partial charge < -0.3 is 5.11 Å². The number of rotatable bonds is 3. The number of hydrogen-bond donors (Lipinski definition) is 1. The van der Waals surface area contributed by atoms with Crippen LogP contribution in [-0.4, -0.2) is 19.9 Å². The molecule has 3 aromatic rings. The molecule has 2 heterocycles. The van der Waals surface area contributed by atoms with E-state index < -0.39 is 11.4 Å². The average molecular weight is 315 g/mol.